The van der Waals surface area contributed by atoms with E-state index in [4.69, 9.17) is 20.2 Å². The summed E-state index contributed by atoms with van der Waals surface area (Å²) in [7, 11) is 0. The molecule has 5 rings (SSSR count). The number of ether oxygens (including phenoxy) is 2. The summed E-state index contributed by atoms with van der Waals surface area (Å²) in [5.74, 6) is 1.61. The molecule has 0 radical (unpaired) electrons. The Kier molecular flexibility index (Phi) is 5.64. The van der Waals surface area contributed by atoms with Crippen LogP contribution in [-0.4, -0.2) is 33.1 Å². The minimum absolute atomic E-state index is 0.0712. The molecular formula is C26H31N5O3. The zero-order valence-electron chi connectivity index (χ0n) is 20.1. The molecule has 8 heteroatoms. The number of hydrogen-bond acceptors (Lipinski definition) is 8. The van der Waals surface area contributed by atoms with Gasteiger partial charge >= 0.3 is 5.97 Å². The van der Waals surface area contributed by atoms with Crippen molar-refractivity contribution in [3.63, 3.8) is 0 Å². The summed E-state index contributed by atoms with van der Waals surface area (Å²) in [5.41, 5.74) is 8.10. The number of rotatable bonds is 7. The van der Waals surface area contributed by atoms with Crippen LogP contribution in [0.1, 0.15) is 80.9 Å². The third kappa shape index (κ3) is 4.30. The van der Waals surface area contributed by atoms with Crippen LogP contribution in [0.5, 0.6) is 5.88 Å². The maximum atomic E-state index is 12.4. The second kappa shape index (κ2) is 8.51. The van der Waals surface area contributed by atoms with E-state index < -0.39 is 5.54 Å². The molecule has 1 aliphatic heterocycles. The van der Waals surface area contributed by atoms with Crippen molar-refractivity contribution < 1.29 is 14.3 Å². The van der Waals surface area contributed by atoms with Gasteiger partial charge in [0.05, 0.1) is 16.6 Å². The zero-order chi connectivity index (χ0) is 24.0. The van der Waals surface area contributed by atoms with Crippen molar-refractivity contribution >= 4 is 28.4 Å². The lowest BCUT2D eigenvalue weighted by Crippen LogP contribution is -2.31. The van der Waals surface area contributed by atoms with Gasteiger partial charge in [0.1, 0.15) is 23.8 Å². The van der Waals surface area contributed by atoms with E-state index in [-0.39, 0.29) is 24.1 Å². The van der Waals surface area contributed by atoms with Gasteiger partial charge in [-0.3, -0.25) is 0 Å². The molecule has 0 aromatic carbocycles. The van der Waals surface area contributed by atoms with Crippen LogP contribution in [0.3, 0.4) is 0 Å². The Morgan fingerprint density at radius 3 is 2.68 bits per heavy atom. The number of esters is 1. The van der Waals surface area contributed by atoms with Crippen LogP contribution in [0.2, 0.25) is 0 Å². The number of anilines is 2. The third-order valence-corrected chi connectivity index (χ3v) is 6.44. The molecule has 4 heterocycles. The van der Waals surface area contributed by atoms with Crippen LogP contribution in [0, 0.1) is 0 Å². The molecule has 0 amide bonds. The molecule has 2 atom stereocenters. The van der Waals surface area contributed by atoms with Crippen molar-refractivity contribution in [2.45, 2.75) is 77.0 Å². The molecule has 178 valence electrons. The fourth-order valence-electron chi connectivity index (χ4n) is 4.48. The molecule has 1 saturated carbocycles. The van der Waals surface area contributed by atoms with Gasteiger partial charge in [-0.1, -0.05) is 13.3 Å². The van der Waals surface area contributed by atoms with Gasteiger partial charge in [-0.15, -0.1) is 0 Å². The van der Waals surface area contributed by atoms with Gasteiger partial charge in [0, 0.05) is 23.9 Å². The minimum atomic E-state index is -0.587. The second-order valence-corrected chi connectivity index (χ2v) is 9.89. The average Bonchev–Trinajstić information content (AvgIpc) is 3.60. The number of cyclic esters (lactones) is 1. The number of fused-ring (bicyclic) bond motifs is 2. The highest BCUT2D eigenvalue weighted by Crippen LogP contribution is 2.37. The fraction of sp³-hybridized carbons (Fsp3) is 0.462. The van der Waals surface area contributed by atoms with Crippen molar-refractivity contribution in [2.75, 3.05) is 5.32 Å². The number of carbonyl (C=O) groups is 1. The SMILES string of the molecule is CCC[C@H]1c2nc(Nc3cc4c(C(C)(C)N)cnc(OC5CC5)c4cn3)ccc2C(=O)O[C@H]1C. The highest BCUT2D eigenvalue weighted by atomic mass is 16.5. The lowest BCUT2D eigenvalue weighted by Gasteiger charge is -2.30. The van der Waals surface area contributed by atoms with Crippen LogP contribution in [-0.2, 0) is 10.3 Å². The van der Waals surface area contributed by atoms with E-state index in [1.54, 1.807) is 24.5 Å². The smallest absolute Gasteiger partial charge is 0.340 e. The molecule has 3 aromatic heterocycles. The standard InChI is InChI=1S/C26H31N5O3/c1-5-6-16-14(2)33-25(32)17-9-10-21(31-23(16)17)30-22-11-18-19(12-28-22)24(34-15-7-8-15)29-13-20(18)26(3,4)27/h9-16H,5-8,27H2,1-4H3,(H,28,30,31)/t14-,16+/m0/s1. The Balaban J connectivity index is 1.52. The largest absolute Gasteiger partial charge is 0.474 e. The number of nitrogens with zero attached hydrogens (tertiary/aromatic N) is 3. The summed E-state index contributed by atoms with van der Waals surface area (Å²) < 4.78 is 11.5. The summed E-state index contributed by atoms with van der Waals surface area (Å²) in [6, 6.07) is 5.53. The van der Waals surface area contributed by atoms with Crippen molar-refractivity contribution in [2.24, 2.45) is 5.73 Å². The number of aromatic nitrogens is 3. The van der Waals surface area contributed by atoms with E-state index in [0.29, 0.717) is 23.1 Å². The molecule has 0 bridgehead atoms. The maximum absolute atomic E-state index is 12.4. The second-order valence-electron chi connectivity index (χ2n) is 9.89. The molecule has 3 aromatic rings. The summed E-state index contributed by atoms with van der Waals surface area (Å²) in [4.78, 5) is 26.3. The Morgan fingerprint density at radius 2 is 1.97 bits per heavy atom. The van der Waals surface area contributed by atoms with Gasteiger partial charge in [0.25, 0.3) is 0 Å². The van der Waals surface area contributed by atoms with E-state index in [9.17, 15) is 4.79 Å². The Labute approximate surface area is 199 Å². The monoisotopic (exact) mass is 461 g/mol. The first-order valence-electron chi connectivity index (χ1n) is 12.0. The first-order valence-corrected chi connectivity index (χ1v) is 12.0. The van der Waals surface area contributed by atoms with Gasteiger partial charge in [0.15, 0.2) is 0 Å². The zero-order valence-corrected chi connectivity index (χ0v) is 20.1. The Morgan fingerprint density at radius 1 is 1.18 bits per heavy atom. The predicted octanol–water partition coefficient (Wildman–Crippen LogP) is 4.95. The highest BCUT2D eigenvalue weighted by Gasteiger charge is 2.34. The molecule has 0 unspecified atom stereocenters. The van der Waals surface area contributed by atoms with Crippen molar-refractivity contribution in [1.82, 2.24) is 15.0 Å². The van der Waals surface area contributed by atoms with Gasteiger partial charge in [-0.2, -0.15) is 0 Å². The first kappa shape index (κ1) is 22.5. The lowest BCUT2D eigenvalue weighted by atomic mass is 9.89. The van der Waals surface area contributed by atoms with E-state index in [2.05, 4.69) is 22.2 Å². The molecule has 8 nitrogen and oxygen atoms in total. The number of nitrogens with one attached hydrogen (secondary N) is 1. The van der Waals surface area contributed by atoms with Crippen LogP contribution >= 0.6 is 0 Å². The van der Waals surface area contributed by atoms with E-state index >= 15 is 0 Å². The first-order chi connectivity index (χ1) is 16.2. The normalized spacial score (nSPS) is 20.1. The van der Waals surface area contributed by atoms with Crippen molar-refractivity contribution in [3.05, 3.63) is 47.4 Å². The summed E-state index contributed by atoms with van der Waals surface area (Å²) in [6.45, 7) is 7.96. The summed E-state index contributed by atoms with van der Waals surface area (Å²) >= 11 is 0. The molecule has 1 fully saturated rings. The number of nitrogens with two attached hydrogens (primary N) is 1. The average molecular weight is 462 g/mol. The molecule has 34 heavy (non-hydrogen) atoms. The summed E-state index contributed by atoms with van der Waals surface area (Å²) in [5, 5.41) is 5.09. The molecule has 2 aliphatic rings. The fourth-order valence-corrected chi connectivity index (χ4v) is 4.48. The van der Waals surface area contributed by atoms with Gasteiger partial charge < -0.3 is 20.5 Å². The van der Waals surface area contributed by atoms with Gasteiger partial charge in [-0.05, 0) is 69.2 Å². The van der Waals surface area contributed by atoms with Gasteiger partial charge in [0.2, 0.25) is 5.88 Å². The van der Waals surface area contributed by atoms with Crippen LogP contribution in [0.25, 0.3) is 10.8 Å². The summed E-state index contributed by atoms with van der Waals surface area (Å²) in [6.07, 6.45) is 7.58. The Hall–Kier alpha value is -3.26. The highest BCUT2D eigenvalue weighted by molar-refractivity contribution is 5.93. The molecular weight excluding hydrogens is 430 g/mol. The van der Waals surface area contributed by atoms with Gasteiger partial charge in [-0.25, -0.2) is 19.7 Å². The maximum Gasteiger partial charge on any atom is 0.340 e. The van der Waals surface area contributed by atoms with Crippen molar-refractivity contribution in [1.29, 1.82) is 0 Å². The van der Waals surface area contributed by atoms with Crippen molar-refractivity contribution in [3.8, 4) is 5.88 Å². The Bertz CT molecular complexity index is 1250. The van der Waals surface area contributed by atoms with E-state index in [0.717, 1.165) is 47.7 Å². The lowest BCUT2D eigenvalue weighted by molar-refractivity contribution is 0.0209. The number of hydrogen-bond donors (Lipinski definition) is 2. The van der Waals surface area contributed by atoms with Crippen LogP contribution in [0.15, 0.2) is 30.6 Å². The van der Waals surface area contributed by atoms with Crippen LogP contribution < -0.4 is 15.8 Å². The number of carbonyl (C=O) groups excluding carboxylic acids is 1. The topological polar surface area (TPSA) is 112 Å². The number of pyridine rings is 3. The minimum Gasteiger partial charge on any atom is -0.474 e. The molecule has 1 aliphatic carbocycles. The molecule has 3 N–H and O–H groups in total. The van der Waals surface area contributed by atoms with Crippen LogP contribution in [0.4, 0.5) is 11.6 Å². The predicted molar refractivity (Wildman–Crippen MR) is 130 cm³/mol. The van der Waals surface area contributed by atoms with E-state index in [1.165, 1.54) is 0 Å². The quantitative estimate of drug-likeness (QED) is 0.476. The van der Waals surface area contributed by atoms with E-state index in [1.807, 2.05) is 26.8 Å². The molecule has 0 spiro atoms. The third-order valence-electron chi connectivity index (χ3n) is 6.44. The molecule has 0 saturated heterocycles.